The van der Waals surface area contributed by atoms with E-state index in [-0.39, 0.29) is 29.4 Å². The van der Waals surface area contributed by atoms with Crippen molar-refractivity contribution < 1.29 is 13.9 Å². The van der Waals surface area contributed by atoms with Gasteiger partial charge in [-0.1, -0.05) is 60.1 Å². The van der Waals surface area contributed by atoms with Gasteiger partial charge in [-0.3, -0.25) is 0 Å². The van der Waals surface area contributed by atoms with Crippen LogP contribution in [0.2, 0.25) is 5.02 Å². The van der Waals surface area contributed by atoms with Crippen molar-refractivity contribution in [2.45, 2.75) is 12.5 Å². The van der Waals surface area contributed by atoms with E-state index >= 15 is 0 Å². The summed E-state index contributed by atoms with van der Waals surface area (Å²) in [6, 6.07) is 23.7. The molecule has 4 aromatic rings. The Kier molecular flexibility index (Phi) is 5.25. The molecule has 6 nitrogen and oxygen atoms in total. The van der Waals surface area contributed by atoms with Gasteiger partial charge in [-0.15, -0.1) is 0 Å². The second kappa shape index (κ2) is 8.38. The molecule has 0 amide bonds. The number of nitrogens with two attached hydrogens (primary N) is 1. The number of hydrogen-bond acceptors (Lipinski definition) is 6. The van der Waals surface area contributed by atoms with Gasteiger partial charge in [0.15, 0.2) is 5.75 Å². The van der Waals surface area contributed by atoms with Crippen molar-refractivity contribution in [1.29, 1.82) is 5.26 Å². The molecular formula is C26H17ClN2O4. The zero-order valence-corrected chi connectivity index (χ0v) is 18.0. The van der Waals surface area contributed by atoms with E-state index in [4.69, 9.17) is 31.2 Å². The molecule has 0 aliphatic carbocycles. The molecular weight excluding hydrogens is 440 g/mol. The van der Waals surface area contributed by atoms with Crippen LogP contribution in [0.3, 0.4) is 0 Å². The maximum absolute atomic E-state index is 13.1. The van der Waals surface area contributed by atoms with E-state index in [1.54, 1.807) is 48.5 Å². The minimum Gasteiger partial charge on any atom is -0.489 e. The molecule has 1 atom stereocenters. The molecule has 0 spiro atoms. The maximum atomic E-state index is 13.1. The van der Waals surface area contributed by atoms with Crippen LogP contribution in [0.15, 0.2) is 93.5 Å². The minimum absolute atomic E-state index is 0.0633. The molecule has 2 N–H and O–H groups in total. The molecule has 0 radical (unpaired) electrons. The van der Waals surface area contributed by atoms with Crippen molar-refractivity contribution >= 4 is 22.6 Å². The largest absolute Gasteiger partial charge is 0.489 e. The number of para-hydroxylation sites is 2. The molecule has 7 heteroatoms. The Balaban J connectivity index is 1.67. The molecule has 1 aromatic heterocycles. The minimum atomic E-state index is -0.818. The lowest BCUT2D eigenvalue weighted by Crippen LogP contribution is -2.26. The highest BCUT2D eigenvalue weighted by Crippen LogP contribution is 2.45. The molecule has 0 saturated heterocycles. The highest BCUT2D eigenvalue weighted by atomic mass is 35.5. The van der Waals surface area contributed by atoms with Gasteiger partial charge >= 0.3 is 5.63 Å². The molecule has 1 aliphatic rings. The topological polar surface area (TPSA) is 98.5 Å². The van der Waals surface area contributed by atoms with Gasteiger partial charge in [-0.05, 0) is 24.3 Å². The summed E-state index contributed by atoms with van der Waals surface area (Å²) in [6.45, 7) is 0.209. The Bertz CT molecular complexity index is 1520. The van der Waals surface area contributed by atoms with Crippen molar-refractivity contribution in [1.82, 2.24) is 0 Å². The van der Waals surface area contributed by atoms with Gasteiger partial charge in [-0.2, -0.15) is 5.26 Å². The summed E-state index contributed by atoms with van der Waals surface area (Å²) in [5.74, 6) is -0.110. The summed E-state index contributed by atoms with van der Waals surface area (Å²) in [5, 5.41) is 11.1. The number of benzene rings is 3. The maximum Gasteiger partial charge on any atom is 0.344 e. The van der Waals surface area contributed by atoms with E-state index in [1.165, 1.54) is 0 Å². The van der Waals surface area contributed by atoms with Gasteiger partial charge in [0.25, 0.3) is 0 Å². The molecule has 5 rings (SSSR count). The van der Waals surface area contributed by atoms with Crippen molar-refractivity contribution in [3.63, 3.8) is 0 Å². The summed E-state index contributed by atoms with van der Waals surface area (Å²) in [4.78, 5) is 13.1. The van der Waals surface area contributed by atoms with Gasteiger partial charge in [0, 0.05) is 16.1 Å². The first-order valence-electron chi connectivity index (χ1n) is 10.2. The lowest BCUT2D eigenvalue weighted by atomic mass is 9.83. The zero-order chi connectivity index (χ0) is 22.9. The van der Waals surface area contributed by atoms with Crippen LogP contribution in [-0.4, -0.2) is 0 Å². The average molecular weight is 457 g/mol. The number of ether oxygens (including phenoxy) is 2. The Morgan fingerprint density at radius 1 is 1.03 bits per heavy atom. The van der Waals surface area contributed by atoms with Crippen LogP contribution in [-0.2, 0) is 6.61 Å². The van der Waals surface area contributed by atoms with Gasteiger partial charge in [0.1, 0.15) is 29.6 Å². The summed E-state index contributed by atoms with van der Waals surface area (Å²) in [5.41, 5.74) is 7.64. The Hall–Kier alpha value is -4.21. The third kappa shape index (κ3) is 3.59. The molecule has 0 bridgehead atoms. The normalized spacial score (nSPS) is 15.0. The summed E-state index contributed by atoms with van der Waals surface area (Å²) in [6.07, 6.45) is 0. The number of allylic oxidation sites excluding steroid dienone is 1. The monoisotopic (exact) mass is 456 g/mol. The highest BCUT2D eigenvalue weighted by Gasteiger charge is 2.37. The van der Waals surface area contributed by atoms with Crippen LogP contribution < -0.4 is 20.8 Å². The van der Waals surface area contributed by atoms with E-state index in [2.05, 4.69) is 6.07 Å². The lowest BCUT2D eigenvalue weighted by Gasteiger charge is -2.27. The average Bonchev–Trinajstić information content (AvgIpc) is 2.83. The Labute approximate surface area is 194 Å². The number of hydrogen-bond donors (Lipinski definition) is 1. The Morgan fingerprint density at radius 2 is 1.76 bits per heavy atom. The van der Waals surface area contributed by atoms with E-state index < -0.39 is 11.5 Å². The van der Waals surface area contributed by atoms with Gasteiger partial charge in [0.05, 0.1) is 16.9 Å². The molecule has 162 valence electrons. The first-order chi connectivity index (χ1) is 16.1. The summed E-state index contributed by atoms with van der Waals surface area (Å²) >= 11 is 6.27. The molecule has 0 fully saturated rings. The number of nitriles is 1. The van der Waals surface area contributed by atoms with E-state index in [0.717, 1.165) is 5.56 Å². The van der Waals surface area contributed by atoms with Crippen molar-refractivity contribution in [2.24, 2.45) is 5.73 Å². The van der Waals surface area contributed by atoms with Crippen molar-refractivity contribution in [3.8, 4) is 17.6 Å². The number of rotatable bonds is 4. The van der Waals surface area contributed by atoms with Crippen molar-refractivity contribution in [2.75, 3.05) is 0 Å². The number of nitrogens with zero attached hydrogens (tertiary/aromatic N) is 1. The second-order valence-corrected chi connectivity index (χ2v) is 7.88. The SMILES string of the molecule is N#CC1=C(N)Oc2c(c(=O)oc3ccccc23)[C@@H]1c1ccccc1OCc1ccccc1Cl. The third-order valence-corrected chi connectivity index (χ3v) is 5.91. The fourth-order valence-electron chi connectivity index (χ4n) is 4.00. The number of halogens is 1. The first kappa shape index (κ1) is 20.7. The molecule has 0 unspecified atom stereocenters. The fraction of sp³-hybridized carbons (Fsp3) is 0.0769. The van der Waals surface area contributed by atoms with E-state index in [9.17, 15) is 10.1 Å². The van der Waals surface area contributed by atoms with Crippen LogP contribution in [0.25, 0.3) is 11.0 Å². The van der Waals surface area contributed by atoms with Gasteiger partial charge < -0.3 is 19.6 Å². The molecule has 1 aliphatic heterocycles. The van der Waals surface area contributed by atoms with Crippen LogP contribution in [0.5, 0.6) is 11.5 Å². The van der Waals surface area contributed by atoms with Crippen LogP contribution in [0.1, 0.15) is 22.6 Å². The van der Waals surface area contributed by atoms with Crippen LogP contribution in [0.4, 0.5) is 0 Å². The van der Waals surface area contributed by atoms with Gasteiger partial charge in [0.2, 0.25) is 5.88 Å². The summed E-state index contributed by atoms with van der Waals surface area (Å²) in [7, 11) is 0. The summed E-state index contributed by atoms with van der Waals surface area (Å²) < 4.78 is 17.4. The number of fused-ring (bicyclic) bond motifs is 3. The first-order valence-corrected chi connectivity index (χ1v) is 10.5. The molecule has 0 saturated carbocycles. The van der Waals surface area contributed by atoms with E-state index in [0.29, 0.717) is 27.3 Å². The fourth-order valence-corrected chi connectivity index (χ4v) is 4.19. The quantitative estimate of drug-likeness (QED) is 0.421. The van der Waals surface area contributed by atoms with Crippen LogP contribution in [0, 0.1) is 11.3 Å². The third-order valence-electron chi connectivity index (χ3n) is 5.55. The predicted molar refractivity (Wildman–Crippen MR) is 124 cm³/mol. The smallest absolute Gasteiger partial charge is 0.344 e. The zero-order valence-electron chi connectivity index (χ0n) is 17.2. The highest BCUT2D eigenvalue weighted by molar-refractivity contribution is 6.31. The molecule has 33 heavy (non-hydrogen) atoms. The van der Waals surface area contributed by atoms with Crippen molar-refractivity contribution in [3.05, 3.63) is 116 Å². The second-order valence-electron chi connectivity index (χ2n) is 7.47. The molecule has 2 heterocycles. The lowest BCUT2D eigenvalue weighted by molar-refractivity contribution is 0.301. The van der Waals surface area contributed by atoms with Crippen LogP contribution >= 0.6 is 11.6 Å². The Morgan fingerprint density at radius 3 is 2.58 bits per heavy atom. The van der Waals surface area contributed by atoms with Gasteiger partial charge in [-0.25, -0.2) is 4.79 Å². The standard InChI is InChI=1S/C26H17ClN2O4/c27-19-10-4-1-7-15(19)14-31-20-11-5-2-8-16(20)22-18(13-28)25(29)33-24-17-9-3-6-12-21(17)32-26(30)23(22)24/h1-12,22H,14,29H2/t22-/m1/s1. The van der Waals surface area contributed by atoms with E-state index in [1.807, 2.05) is 24.3 Å². The predicted octanol–water partition coefficient (Wildman–Crippen LogP) is 5.24. The molecule has 3 aromatic carbocycles.